The second-order valence-electron chi connectivity index (χ2n) is 5.19. The Morgan fingerprint density at radius 2 is 1.96 bits per heavy atom. The number of thioether (sulfide) groups is 1. The molecule has 1 heterocycles. The fourth-order valence-electron chi connectivity index (χ4n) is 2.10. The van der Waals surface area contributed by atoms with E-state index in [2.05, 4.69) is 4.99 Å². The predicted octanol–water partition coefficient (Wildman–Crippen LogP) is 3.14. The van der Waals surface area contributed by atoms with Gasteiger partial charge in [0.1, 0.15) is 5.75 Å². The van der Waals surface area contributed by atoms with Crippen LogP contribution in [-0.4, -0.2) is 17.0 Å². The molecule has 0 unspecified atom stereocenters. The molecule has 5 nitrogen and oxygen atoms in total. The summed E-state index contributed by atoms with van der Waals surface area (Å²) in [5.74, 6) is -0.391. The van der Waals surface area contributed by atoms with Crippen molar-refractivity contribution in [2.45, 2.75) is 6.92 Å². The van der Waals surface area contributed by atoms with Crippen LogP contribution in [0.2, 0.25) is 0 Å². The van der Waals surface area contributed by atoms with Gasteiger partial charge in [0.25, 0.3) is 5.91 Å². The van der Waals surface area contributed by atoms with Gasteiger partial charge in [0.15, 0.2) is 5.17 Å². The minimum absolute atomic E-state index is 0.230. The fourth-order valence-corrected chi connectivity index (χ4v) is 2.78. The van der Waals surface area contributed by atoms with Crippen molar-refractivity contribution in [3.05, 3.63) is 70.1 Å². The molecule has 0 saturated carbocycles. The molecule has 2 aromatic rings. The third-order valence-corrected chi connectivity index (χ3v) is 4.10. The molecule has 6 heteroatoms. The van der Waals surface area contributed by atoms with Crippen LogP contribution in [0.25, 0.3) is 6.08 Å². The second kappa shape index (κ2) is 6.72. The van der Waals surface area contributed by atoms with Crippen molar-refractivity contribution in [1.82, 2.24) is 0 Å². The molecule has 120 valence electrons. The fraction of sp³-hybridized carbons (Fsp3) is 0.0556. The molecule has 0 fully saturated rings. The van der Waals surface area contributed by atoms with Gasteiger partial charge < -0.3 is 10.5 Å². The number of carbonyl (C=O) groups excluding carboxylic acids is 2. The highest BCUT2D eigenvalue weighted by atomic mass is 32.2. The standard InChI is InChI=1S/C18H14N2O3S/c1-11-5-7-13(8-6-11)17(22)23-14-4-2-3-12(9-14)10-15-16(21)20-18(19)24-15/h2-10H,1H3,(H2,19,20,21)/b15-10+. The van der Waals surface area contributed by atoms with Crippen molar-refractivity contribution in [2.75, 3.05) is 0 Å². The highest BCUT2D eigenvalue weighted by Gasteiger charge is 2.19. The number of nitrogens with zero attached hydrogens (tertiary/aromatic N) is 1. The Morgan fingerprint density at radius 3 is 2.62 bits per heavy atom. The van der Waals surface area contributed by atoms with Gasteiger partial charge in [-0.3, -0.25) is 4.79 Å². The molecule has 3 rings (SSSR count). The Kier molecular flexibility index (Phi) is 4.48. The molecule has 1 aliphatic heterocycles. The smallest absolute Gasteiger partial charge is 0.343 e. The lowest BCUT2D eigenvalue weighted by molar-refractivity contribution is -0.113. The molecular formula is C18H14N2O3S. The quantitative estimate of drug-likeness (QED) is 0.528. The molecule has 0 atom stereocenters. The van der Waals surface area contributed by atoms with Crippen LogP contribution in [0.5, 0.6) is 5.75 Å². The van der Waals surface area contributed by atoms with E-state index in [1.807, 2.05) is 19.1 Å². The molecule has 1 aliphatic rings. The number of amidine groups is 1. The number of amides is 1. The summed E-state index contributed by atoms with van der Waals surface area (Å²) in [5.41, 5.74) is 7.80. The van der Waals surface area contributed by atoms with Crippen LogP contribution >= 0.6 is 11.8 Å². The van der Waals surface area contributed by atoms with Crippen molar-refractivity contribution in [3.63, 3.8) is 0 Å². The molecule has 1 amide bonds. The topological polar surface area (TPSA) is 81.8 Å². The monoisotopic (exact) mass is 338 g/mol. The molecule has 2 N–H and O–H groups in total. The first-order chi connectivity index (χ1) is 11.5. The number of carbonyl (C=O) groups is 2. The van der Waals surface area contributed by atoms with Crippen LogP contribution in [0.15, 0.2) is 58.4 Å². The Labute approximate surface area is 143 Å². The van der Waals surface area contributed by atoms with Crippen molar-refractivity contribution in [2.24, 2.45) is 10.7 Å². The van der Waals surface area contributed by atoms with Crippen LogP contribution < -0.4 is 10.5 Å². The van der Waals surface area contributed by atoms with Gasteiger partial charge in [-0.2, -0.15) is 4.99 Å². The van der Waals surface area contributed by atoms with E-state index < -0.39 is 5.97 Å². The summed E-state index contributed by atoms with van der Waals surface area (Å²) in [4.78, 5) is 27.9. The van der Waals surface area contributed by atoms with E-state index >= 15 is 0 Å². The third kappa shape index (κ3) is 3.72. The first-order valence-electron chi connectivity index (χ1n) is 7.18. The van der Waals surface area contributed by atoms with Crippen LogP contribution in [0.3, 0.4) is 0 Å². The molecule has 0 radical (unpaired) electrons. The van der Waals surface area contributed by atoms with Gasteiger partial charge in [0.2, 0.25) is 0 Å². The zero-order valence-corrected chi connectivity index (χ0v) is 13.7. The molecule has 24 heavy (non-hydrogen) atoms. The van der Waals surface area contributed by atoms with Gasteiger partial charge >= 0.3 is 5.97 Å². The lowest BCUT2D eigenvalue weighted by Crippen LogP contribution is -2.08. The van der Waals surface area contributed by atoms with Crippen molar-refractivity contribution < 1.29 is 14.3 Å². The molecule has 0 saturated heterocycles. The zero-order valence-electron chi connectivity index (χ0n) is 12.9. The van der Waals surface area contributed by atoms with E-state index in [-0.39, 0.29) is 11.1 Å². The number of nitrogens with two attached hydrogens (primary N) is 1. The molecule has 0 bridgehead atoms. The Bertz CT molecular complexity index is 870. The highest BCUT2D eigenvalue weighted by Crippen LogP contribution is 2.27. The summed E-state index contributed by atoms with van der Waals surface area (Å²) in [6, 6.07) is 14.1. The SMILES string of the molecule is Cc1ccc(C(=O)Oc2cccc(/C=C3/SC(N)=NC3=O)c2)cc1. The lowest BCUT2D eigenvalue weighted by Gasteiger charge is -2.05. The van der Waals surface area contributed by atoms with Crippen LogP contribution in [0.1, 0.15) is 21.5 Å². The maximum atomic E-state index is 12.1. The average Bonchev–Trinajstić information content (AvgIpc) is 2.86. The van der Waals surface area contributed by atoms with E-state index in [0.717, 1.165) is 22.9 Å². The lowest BCUT2D eigenvalue weighted by atomic mass is 10.1. The summed E-state index contributed by atoms with van der Waals surface area (Å²) >= 11 is 1.12. The average molecular weight is 338 g/mol. The maximum absolute atomic E-state index is 12.1. The number of hydrogen-bond acceptors (Lipinski definition) is 5. The number of aliphatic imine (C=N–C) groups is 1. The maximum Gasteiger partial charge on any atom is 0.343 e. The normalized spacial score (nSPS) is 15.5. The summed E-state index contributed by atoms with van der Waals surface area (Å²) < 4.78 is 5.38. The van der Waals surface area contributed by atoms with Gasteiger partial charge in [-0.15, -0.1) is 0 Å². The molecular weight excluding hydrogens is 324 g/mol. The van der Waals surface area contributed by atoms with Gasteiger partial charge in [-0.25, -0.2) is 4.79 Å². The number of aryl methyl sites for hydroxylation is 1. The van der Waals surface area contributed by atoms with E-state index in [0.29, 0.717) is 16.2 Å². The van der Waals surface area contributed by atoms with Crippen LogP contribution in [-0.2, 0) is 4.79 Å². The number of benzene rings is 2. The van der Waals surface area contributed by atoms with E-state index in [1.165, 1.54) is 0 Å². The largest absolute Gasteiger partial charge is 0.423 e. The zero-order chi connectivity index (χ0) is 17.1. The minimum Gasteiger partial charge on any atom is -0.423 e. The van der Waals surface area contributed by atoms with E-state index in [4.69, 9.17) is 10.5 Å². The first-order valence-corrected chi connectivity index (χ1v) is 8.00. The van der Waals surface area contributed by atoms with Gasteiger partial charge in [-0.1, -0.05) is 29.8 Å². The Hall–Kier alpha value is -2.86. The summed E-state index contributed by atoms with van der Waals surface area (Å²) in [7, 11) is 0. The molecule has 0 spiro atoms. The highest BCUT2D eigenvalue weighted by molar-refractivity contribution is 8.18. The van der Waals surface area contributed by atoms with Crippen molar-refractivity contribution in [3.8, 4) is 5.75 Å². The first kappa shape index (κ1) is 16.0. The van der Waals surface area contributed by atoms with Crippen molar-refractivity contribution >= 4 is 34.9 Å². The number of hydrogen-bond donors (Lipinski definition) is 1. The minimum atomic E-state index is -0.432. The predicted molar refractivity (Wildman–Crippen MR) is 94.8 cm³/mol. The van der Waals surface area contributed by atoms with E-state index in [1.54, 1.807) is 42.5 Å². The second-order valence-corrected chi connectivity index (χ2v) is 6.26. The third-order valence-electron chi connectivity index (χ3n) is 3.29. The number of ether oxygens (including phenoxy) is 1. The van der Waals surface area contributed by atoms with Crippen molar-refractivity contribution in [1.29, 1.82) is 0 Å². The molecule has 2 aromatic carbocycles. The summed E-state index contributed by atoms with van der Waals surface area (Å²) in [6.45, 7) is 1.95. The Balaban J connectivity index is 1.76. The Morgan fingerprint density at radius 1 is 1.21 bits per heavy atom. The van der Waals surface area contributed by atoms with Gasteiger partial charge in [0.05, 0.1) is 10.5 Å². The summed E-state index contributed by atoms with van der Waals surface area (Å²) in [5, 5.41) is 0.230. The number of rotatable bonds is 3. The summed E-state index contributed by atoms with van der Waals surface area (Å²) in [6.07, 6.45) is 1.67. The van der Waals surface area contributed by atoms with Crippen LogP contribution in [0, 0.1) is 6.92 Å². The molecule has 0 aromatic heterocycles. The van der Waals surface area contributed by atoms with Crippen LogP contribution in [0.4, 0.5) is 0 Å². The van der Waals surface area contributed by atoms with Gasteiger partial charge in [0, 0.05) is 0 Å². The van der Waals surface area contributed by atoms with E-state index in [9.17, 15) is 9.59 Å². The molecule has 0 aliphatic carbocycles. The number of esters is 1. The van der Waals surface area contributed by atoms with Gasteiger partial charge in [-0.05, 0) is 54.6 Å².